The van der Waals surface area contributed by atoms with Crippen molar-refractivity contribution >= 4 is 0 Å². The maximum absolute atomic E-state index is 10.5. The van der Waals surface area contributed by atoms with Crippen molar-refractivity contribution in [1.29, 1.82) is 0 Å². The maximum Gasteiger partial charge on any atom is 0.200 e. The topological polar surface area (TPSA) is 120 Å². The number of phenols is 4. The molecule has 0 aliphatic carbocycles. The summed E-state index contributed by atoms with van der Waals surface area (Å²) in [6.07, 6.45) is -2.89. The molecule has 0 spiro atoms. The summed E-state index contributed by atoms with van der Waals surface area (Å²) in [5.74, 6) is -1.48. The summed E-state index contributed by atoms with van der Waals surface area (Å²) in [7, 11) is 1.40. The quantitative estimate of drug-likeness (QED) is 0.534. The van der Waals surface area contributed by atoms with E-state index in [0.717, 1.165) is 0 Å². The number of ether oxygens (including phenoxy) is 2. The van der Waals surface area contributed by atoms with Gasteiger partial charge >= 0.3 is 0 Å². The van der Waals surface area contributed by atoms with Crippen molar-refractivity contribution < 1.29 is 35.0 Å². The van der Waals surface area contributed by atoms with E-state index in [0.29, 0.717) is 11.1 Å². The Balaban J connectivity index is 2.09. The molecule has 0 fully saturated rings. The van der Waals surface area contributed by atoms with Crippen LogP contribution in [0, 0.1) is 0 Å². The van der Waals surface area contributed by atoms with Crippen LogP contribution < -0.4 is 4.74 Å². The van der Waals surface area contributed by atoms with Gasteiger partial charge < -0.3 is 35.0 Å². The monoisotopic (exact) mass is 320 g/mol. The van der Waals surface area contributed by atoms with Gasteiger partial charge in [0.2, 0.25) is 5.75 Å². The van der Waals surface area contributed by atoms with Crippen molar-refractivity contribution in [2.45, 2.75) is 18.3 Å². The van der Waals surface area contributed by atoms with Crippen LogP contribution in [0.25, 0.3) is 0 Å². The summed E-state index contributed by atoms with van der Waals surface area (Å²) < 4.78 is 10.9. The molecular formula is C16H16O7. The van der Waals surface area contributed by atoms with Gasteiger partial charge in [0.05, 0.1) is 0 Å². The summed E-state index contributed by atoms with van der Waals surface area (Å²) in [5.41, 5.74) is 0.776. The van der Waals surface area contributed by atoms with Gasteiger partial charge in [-0.1, -0.05) is 6.07 Å². The number of aliphatic hydroxyl groups excluding tert-OH is 1. The van der Waals surface area contributed by atoms with Crippen molar-refractivity contribution in [2.75, 3.05) is 7.11 Å². The van der Waals surface area contributed by atoms with Gasteiger partial charge in [0.25, 0.3) is 0 Å². The molecule has 23 heavy (non-hydrogen) atoms. The molecule has 3 unspecified atom stereocenters. The minimum Gasteiger partial charge on any atom is -0.504 e. The molecular weight excluding hydrogens is 304 g/mol. The van der Waals surface area contributed by atoms with Crippen molar-refractivity contribution in [3.63, 3.8) is 0 Å². The van der Waals surface area contributed by atoms with Gasteiger partial charge in [0, 0.05) is 12.7 Å². The minimum atomic E-state index is -1.12. The predicted molar refractivity (Wildman–Crippen MR) is 78.7 cm³/mol. The molecule has 1 aliphatic heterocycles. The largest absolute Gasteiger partial charge is 0.504 e. The highest BCUT2D eigenvalue weighted by molar-refractivity contribution is 5.56. The molecule has 0 amide bonds. The summed E-state index contributed by atoms with van der Waals surface area (Å²) in [5, 5.41) is 49.2. The molecule has 2 aromatic carbocycles. The maximum atomic E-state index is 10.5. The average Bonchev–Trinajstić information content (AvgIpc) is 2.53. The second kappa shape index (κ2) is 5.53. The molecule has 5 N–H and O–H groups in total. The molecule has 7 heteroatoms. The van der Waals surface area contributed by atoms with Crippen LogP contribution in [0.4, 0.5) is 0 Å². The Morgan fingerprint density at radius 1 is 0.957 bits per heavy atom. The van der Waals surface area contributed by atoms with E-state index in [4.69, 9.17) is 9.47 Å². The molecule has 3 atom stereocenters. The highest BCUT2D eigenvalue weighted by Crippen LogP contribution is 2.50. The molecule has 122 valence electrons. The van der Waals surface area contributed by atoms with Crippen LogP contribution in [-0.2, 0) is 4.74 Å². The van der Waals surface area contributed by atoms with Gasteiger partial charge in [0.15, 0.2) is 29.1 Å². The van der Waals surface area contributed by atoms with Crippen molar-refractivity contribution in [3.8, 4) is 28.7 Å². The SMILES string of the molecule is COC1c2ccc(O)c(O)c2OC(c2ccc(O)c(O)c2)C1O. The molecule has 1 aliphatic rings. The van der Waals surface area contributed by atoms with Gasteiger partial charge in [-0.15, -0.1) is 0 Å². The van der Waals surface area contributed by atoms with Crippen LogP contribution in [0.3, 0.4) is 0 Å². The number of fused-ring (bicyclic) bond motifs is 1. The van der Waals surface area contributed by atoms with E-state index in [1.165, 1.54) is 37.4 Å². The van der Waals surface area contributed by atoms with Gasteiger partial charge in [-0.2, -0.15) is 0 Å². The Morgan fingerprint density at radius 2 is 1.65 bits per heavy atom. The van der Waals surface area contributed by atoms with Crippen LogP contribution in [-0.4, -0.2) is 38.7 Å². The number of methoxy groups -OCH3 is 1. The smallest absolute Gasteiger partial charge is 0.200 e. The van der Waals surface area contributed by atoms with E-state index in [9.17, 15) is 25.5 Å². The molecule has 0 aromatic heterocycles. The molecule has 0 saturated carbocycles. The second-order valence-electron chi connectivity index (χ2n) is 5.29. The Kier molecular flexibility index (Phi) is 3.67. The average molecular weight is 320 g/mol. The fourth-order valence-electron chi connectivity index (χ4n) is 2.71. The lowest BCUT2D eigenvalue weighted by molar-refractivity contribution is -0.0878. The number of aliphatic hydroxyl groups is 1. The Hall–Kier alpha value is -2.64. The Morgan fingerprint density at radius 3 is 2.30 bits per heavy atom. The fourth-order valence-corrected chi connectivity index (χ4v) is 2.71. The number of benzene rings is 2. The highest BCUT2D eigenvalue weighted by atomic mass is 16.5. The third-order valence-electron chi connectivity index (χ3n) is 3.89. The zero-order valence-electron chi connectivity index (χ0n) is 12.2. The second-order valence-corrected chi connectivity index (χ2v) is 5.29. The van der Waals surface area contributed by atoms with E-state index in [2.05, 4.69) is 0 Å². The molecule has 0 radical (unpaired) electrons. The molecule has 0 bridgehead atoms. The first-order chi connectivity index (χ1) is 10.9. The van der Waals surface area contributed by atoms with Crippen LogP contribution in [0.15, 0.2) is 30.3 Å². The van der Waals surface area contributed by atoms with Gasteiger partial charge in [-0.3, -0.25) is 0 Å². The van der Waals surface area contributed by atoms with Crippen LogP contribution in [0.5, 0.6) is 28.7 Å². The lowest BCUT2D eigenvalue weighted by Gasteiger charge is -2.36. The van der Waals surface area contributed by atoms with E-state index >= 15 is 0 Å². The zero-order chi connectivity index (χ0) is 16.7. The van der Waals surface area contributed by atoms with E-state index in [-0.39, 0.29) is 23.0 Å². The fraction of sp³-hybridized carbons (Fsp3) is 0.250. The number of aromatic hydroxyl groups is 4. The van der Waals surface area contributed by atoms with Crippen LogP contribution >= 0.6 is 0 Å². The molecule has 1 heterocycles. The summed E-state index contributed by atoms with van der Waals surface area (Å²) in [6, 6.07) is 6.76. The minimum absolute atomic E-state index is 0.000264. The molecule has 2 aromatic rings. The summed E-state index contributed by atoms with van der Waals surface area (Å²) >= 11 is 0. The van der Waals surface area contributed by atoms with E-state index < -0.39 is 24.1 Å². The summed E-state index contributed by atoms with van der Waals surface area (Å²) in [4.78, 5) is 0. The number of rotatable bonds is 2. The number of hydrogen-bond donors (Lipinski definition) is 5. The van der Waals surface area contributed by atoms with Gasteiger partial charge in [-0.25, -0.2) is 0 Å². The Bertz CT molecular complexity index is 743. The van der Waals surface area contributed by atoms with Gasteiger partial charge in [-0.05, 0) is 29.8 Å². The van der Waals surface area contributed by atoms with Crippen molar-refractivity contribution in [2.24, 2.45) is 0 Å². The molecule has 0 saturated heterocycles. The van der Waals surface area contributed by atoms with Crippen molar-refractivity contribution in [3.05, 3.63) is 41.5 Å². The summed E-state index contributed by atoms with van der Waals surface area (Å²) in [6.45, 7) is 0. The molecule has 7 nitrogen and oxygen atoms in total. The predicted octanol–water partition coefficient (Wildman–Crippen LogP) is 1.69. The third-order valence-corrected chi connectivity index (χ3v) is 3.89. The zero-order valence-corrected chi connectivity index (χ0v) is 12.2. The molecule has 3 rings (SSSR count). The van der Waals surface area contributed by atoms with E-state index in [1.807, 2.05) is 0 Å². The third kappa shape index (κ3) is 2.39. The van der Waals surface area contributed by atoms with E-state index in [1.54, 1.807) is 0 Å². The first-order valence-electron chi connectivity index (χ1n) is 6.88. The van der Waals surface area contributed by atoms with Gasteiger partial charge in [0.1, 0.15) is 12.2 Å². The van der Waals surface area contributed by atoms with Crippen LogP contribution in [0.2, 0.25) is 0 Å². The number of hydrogen-bond acceptors (Lipinski definition) is 7. The number of phenolic OH excluding ortho intramolecular Hbond substituents is 4. The van der Waals surface area contributed by atoms with Crippen LogP contribution in [0.1, 0.15) is 23.3 Å². The first-order valence-corrected chi connectivity index (χ1v) is 6.88. The first kappa shape index (κ1) is 15.3. The normalized spacial score (nSPS) is 23.1. The lowest BCUT2D eigenvalue weighted by atomic mass is 9.91. The Labute approximate surface area is 131 Å². The highest BCUT2D eigenvalue weighted by Gasteiger charge is 2.40. The lowest BCUT2D eigenvalue weighted by Crippen LogP contribution is -2.35. The van der Waals surface area contributed by atoms with Crippen molar-refractivity contribution in [1.82, 2.24) is 0 Å². The standard InChI is InChI=1S/C16H16O7/c1-22-15-8-3-5-10(18)12(20)16(8)23-14(13(15)21)7-2-4-9(17)11(19)6-7/h2-6,13-15,17-21H,1H3.